The maximum atomic E-state index is 13.5. The molecule has 25 heteroatoms. The van der Waals surface area contributed by atoms with Gasteiger partial charge in [-0.15, -0.1) is 5.06 Å². The Balaban J connectivity index is 1.47. The van der Waals surface area contributed by atoms with Crippen molar-refractivity contribution in [3.05, 3.63) is 0 Å². The van der Waals surface area contributed by atoms with Crippen LogP contribution in [0.1, 0.15) is 136 Å². The molecule has 0 saturated carbocycles. The van der Waals surface area contributed by atoms with Crippen molar-refractivity contribution in [2.45, 2.75) is 203 Å². The van der Waals surface area contributed by atoms with E-state index in [1.807, 2.05) is 0 Å². The van der Waals surface area contributed by atoms with Gasteiger partial charge in [0.05, 0.1) is 25.4 Å². The standard InChI is InChI=1S/C46H78N6O19/c1-28-38(60)40(62)42(64)45(69-28)67-26-23-48-32(54)16-7-5-12-22-49-44(66)30(50-33(55)17-6-3-4-8-19-37(59)71-52-35(57)20-21-36(52)58)14-11-13-24-51(34(56)18-10-9-15-31(47)53)25-27-68-46-43(65)41(63)39(61)29(2)70-46/h28-30,38-43,45-46,60-65H,3-27H2,1-2H3,(H2,47,53)(H,48,54)(H,49,66)(H,50,55)/t28-,29-,30-,38+,39+,40+,41+,42-,43-,45+,46+/m0/s1. The van der Waals surface area contributed by atoms with Crippen LogP contribution in [0.25, 0.3) is 0 Å². The Morgan fingerprint density at radius 1 is 0.620 bits per heavy atom. The molecule has 3 fully saturated rings. The predicted molar refractivity (Wildman–Crippen MR) is 246 cm³/mol. The molecule has 11 atom stereocenters. The molecular weight excluding hydrogens is 941 g/mol. The Labute approximate surface area is 413 Å². The third-order valence-corrected chi connectivity index (χ3v) is 12.3. The predicted octanol–water partition coefficient (Wildman–Crippen LogP) is -2.06. The molecule has 3 rings (SSSR count). The molecule has 3 saturated heterocycles. The van der Waals surface area contributed by atoms with E-state index in [1.54, 1.807) is 0 Å². The van der Waals surface area contributed by atoms with Crippen molar-refractivity contribution < 1.29 is 92.8 Å². The molecule has 0 spiro atoms. The van der Waals surface area contributed by atoms with E-state index in [0.29, 0.717) is 75.7 Å². The van der Waals surface area contributed by atoms with Gasteiger partial charge < -0.3 is 81.0 Å². The lowest BCUT2D eigenvalue weighted by atomic mass is 10.0. The first-order valence-electron chi connectivity index (χ1n) is 24.9. The van der Waals surface area contributed by atoms with Crippen molar-refractivity contribution in [3.63, 3.8) is 0 Å². The number of nitrogens with one attached hydrogen (secondary N) is 3. The largest absolute Gasteiger partial charge is 0.388 e. The van der Waals surface area contributed by atoms with Crippen molar-refractivity contribution in [3.8, 4) is 0 Å². The summed E-state index contributed by atoms with van der Waals surface area (Å²) in [6, 6.07) is -0.923. The molecule has 0 aromatic carbocycles. The van der Waals surface area contributed by atoms with Crippen molar-refractivity contribution >= 4 is 47.3 Å². The molecule has 406 valence electrons. The van der Waals surface area contributed by atoms with Crippen LogP contribution in [-0.4, -0.2) is 195 Å². The summed E-state index contributed by atoms with van der Waals surface area (Å²) in [6.07, 6.45) is -6.51. The fourth-order valence-corrected chi connectivity index (χ4v) is 7.95. The third-order valence-electron chi connectivity index (χ3n) is 12.3. The fraction of sp³-hybridized carbons (Fsp3) is 0.826. The number of carbonyl (C=O) groups excluding carboxylic acids is 8. The first-order valence-corrected chi connectivity index (χ1v) is 24.9. The minimum atomic E-state index is -1.53. The Hall–Kier alpha value is -4.44. The molecule has 0 aromatic heterocycles. The summed E-state index contributed by atoms with van der Waals surface area (Å²) in [5.41, 5.74) is 5.24. The van der Waals surface area contributed by atoms with E-state index >= 15 is 0 Å². The highest BCUT2D eigenvalue weighted by molar-refractivity contribution is 6.01. The van der Waals surface area contributed by atoms with Gasteiger partial charge in [-0.05, 0) is 71.6 Å². The minimum absolute atomic E-state index is 0.00602. The Morgan fingerprint density at radius 2 is 1.15 bits per heavy atom. The van der Waals surface area contributed by atoms with E-state index in [4.69, 9.17) is 29.5 Å². The van der Waals surface area contributed by atoms with Crippen LogP contribution in [0.2, 0.25) is 0 Å². The van der Waals surface area contributed by atoms with Gasteiger partial charge in [-0.3, -0.25) is 33.6 Å². The Morgan fingerprint density at radius 3 is 1.76 bits per heavy atom. The molecule has 0 aliphatic carbocycles. The number of amides is 7. The van der Waals surface area contributed by atoms with Crippen LogP contribution in [-0.2, 0) is 62.1 Å². The molecule has 11 N–H and O–H groups in total. The van der Waals surface area contributed by atoms with Crippen molar-refractivity contribution in [2.24, 2.45) is 5.73 Å². The molecule has 0 radical (unpaired) electrons. The van der Waals surface area contributed by atoms with Crippen molar-refractivity contribution in [2.75, 3.05) is 39.4 Å². The Bertz CT molecular complexity index is 1700. The number of aliphatic hydroxyl groups excluding tert-OH is 6. The molecule has 0 unspecified atom stereocenters. The second kappa shape index (κ2) is 32.6. The van der Waals surface area contributed by atoms with Crippen LogP contribution in [0.3, 0.4) is 0 Å². The molecule has 0 aromatic rings. The number of imide groups is 1. The van der Waals surface area contributed by atoms with Crippen molar-refractivity contribution in [1.82, 2.24) is 25.9 Å². The smallest absolute Gasteiger partial charge is 0.333 e. The number of ether oxygens (including phenoxy) is 4. The van der Waals surface area contributed by atoms with E-state index in [2.05, 4.69) is 16.0 Å². The zero-order valence-corrected chi connectivity index (χ0v) is 41.0. The quantitative estimate of drug-likeness (QED) is 0.0245. The molecule has 3 aliphatic heterocycles. The second-order valence-corrected chi connectivity index (χ2v) is 18.2. The number of nitrogens with zero attached hydrogens (tertiary/aromatic N) is 2. The monoisotopic (exact) mass is 1020 g/mol. The lowest BCUT2D eigenvalue weighted by Gasteiger charge is -2.39. The van der Waals surface area contributed by atoms with Crippen LogP contribution >= 0.6 is 0 Å². The summed E-state index contributed by atoms with van der Waals surface area (Å²) < 4.78 is 22.0. The molecule has 3 aliphatic rings. The lowest BCUT2D eigenvalue weighted by molar-refractivity contribution is -0.293. The zero-order chi connectivity index (χ0) is 52.5. The first kappa shape index (κ1) is 60.9. The van der Waals surface area contributed by atoms with Crippen LogP contribution in [0.5, 0.6) is 0 Å². The molecule has 71 heavy (non-hydrogen) atoms. The van der Waals surface area contributed by atoms with Crippen LogP contribution in [0.4, 0.5) is 0 Å². The number of hydrogen-bond donors (Lipinski definition) is 10. The normalized spacial score (nSPS) is 25.9. The van der Waals surface area contributed by atoms with Gasteiger partial charge in [0, 0.05) is 71.1 Å². The average molecular weight is 1020 g/mol. The number of carbonyl (C=O) groups is 8. The fourth-order valence-electron chi connectivity index (χ4n) is 7.95. The van der Waals surface area contributed by atoms with Gasteiger partial charge in [0.1, 0.15) is 42.7 Å². The molecule has 3 heterocycles. The zero-order valence-electron chi connectivity index (χ0n) is 41.0. The second-order valence-electron chi connectivity index (χ2n) is 18.2. The highest BCUT2D eigenvalue weighted by Gasteiger charge is 2.43. The number of hydroxylamine groups is 2. The van der Waals surface area contributed by atoms with E-state index < -0.39 is 97.1 Å². The SMILES string of the molecule is C[C@@H]1O[C@@H](OCCNC(=O)CCCCCNC(=O)[C@H](CCCCN(CCO[C@@H]2O[C@@H](C)[C@@H](O)[C@@H](O)[C@@H]2O)C(=O)CCCCC(N)=O)NC(=O)CCCCCCC(=O)ON2C(=O)CCC2=O)[C@@H](O)[C@H](O)[C@@H]1O. The van der Waals surface area contributed by atoms with Gasteiger partial charge in [-0.1, -0.05) is 19.3 Å². The summed E-state index contributed by atoms with van der Waals surface area (Å²) >= 11 is 0. The summed E-state index contributed by atoms with van der Waals surface area (Å²) in [5, 5.41) is 69.2. The van der Waals surface area contributed by atoms with Gasteiger partial charge in [0.15, 0.2) is 12.6 Å². The molecule has 7 amide bonds. The number of hydrogen-bond acceptors (Lipinski definition) is 19. The summed E-state index contributed by atoms with van der Waals surface area (Å²) in [5.74, 6) is -3.58. The van der Waals surface area contributed by atoms with Gasteiger partial charge >= 0.3 is 5.97 Å². The minimum Gasteiger partial charge on any atom is -0.388 e. The number of aliphatic hydroxyl groups is 6. The Kier molecular flexibility index (Phi) is 27.9. The maximum absolute atomic E-state index is 13.5. The maximum Gasteiger partial charge on any atom is 0.333 e. The van der Waals surface area contributed by atoms with Gasteiger partial charge in [-0.25, -0.2) is 4.79 Å². The third kappa shape index (κ3) is 22.1. The highest BCUT2D eigenvalue weighted by Crippen LogP contribution is 2.23. The van der Waals surface area contributed by atoms with Gasteiger partial charge in [0.25, 0.3) is 11.8 Å². The van der Waals surface area contributed by atoms with Crippen molar-refractivity contribution in [1.29, 1.82) is 0 Å². The number of nitrogens with two attached hydrogens (primary N) is 1. The summed E-state index contributed by atoms with van der Waals surface area (Å²) in [6.45, 7) is 3.64. The highest BCUT2D eigenvalue weighted by atomic mass is 16.7. The van der Waals surface area contributed by atoms with Gasteiger partial charge in [0.2, 0.25) is 29.5 Å². The number of rotatable bonds is 34. The molecule has 25 nitrogen and oxygen atoms in total. The van der Waals surface area contributed by atoms with Crippen LogP contribution < -0.4 is 21.7 Å². The summed E-state index contributed by atoms with van der Waals surface area (Å²) in [7, 11) is 0. The van der Waals surface area contributed by atoms with E-state index in [0.717, 1.165) is 0 Å². The molecular formula is C46H78N6O19. The van der Waals surface area contributed by atoms with E-state index in [9.17, 15) is 69.0 Å². The van der Waals surface area contributed by atoms with Crippen LogP contribution in [0.15, 0.2) is 0 Å². The van der Waals surface area contributed by atoms with E-state index in [1.165, 1.54) is 18.7 Å². The topological polar surface area (TPSA) is 373 Å². The van der Waals surface area contributed by atoms with E-state index in [-0.39, 0.29) is 108 Å². The first-order chi connectivity index (χ1) is 33.8. The summed E-state index contributed by atoms with van der Waals surface area (Å²) in [4.78, 5) is 105. The number of unbranched alkanes of at least 4 members (excludes halogenated alkanes) is 7. The van der Waals surface area contributed by atoms with Crippen LogP contribution in [0, 0.1) is 0 Å². The van der Waals surface area contributed by atoms with Gasteiger partial charge in [-0.2, -0.15) is 0 Å². The number of primary amides is 1. The lowest BCUT2D eigenvalue weighted by Crippen LogP contribution is -2.57. The molecule has 0 bridgehead atoms. The average Bonchev–Trinajstić information content (AvgIpc) is 3.65.